The van der Waals surface area contributed by atoms with Crippen molar-refractivity contribution >= 4 is 41.0 Å². The monoisotopic (exact) mass is 385 g/mol. The van der Waals surface area contributed by atoms with E-state index in [1.54, 1.807) is 0 Å². The van der Waals surface area contributed by atoms with Gasteiger partial charge in [0, 0.05) is 18.2 Å². The first-order chi connectivity index (χ1) is 12.7. The molecule has 6 heteroatoms. The summed E-state index contributed by atoms with van der Waals surface area (Å²) < 4.78 is 11.8. The van der Waals surface area contributed by atoms with Crippen LogP contribution in [0.4, 0.5) is 0 Å². The van der Waals surface area contributed by atoms with E-state index < -0.39 is 0 Å². The predicted molar refractivity (Wildman–Crippen MR) is 109 cm³/mol. The van der Waals surface area contributed by atoms with Gasteiger partial charge in [0.1, 0.15) is 11.5 Å². The van der Waals surface area contributed by atoms with Crippen LogP contribution in [0, 0.1) is 0 Å². The molecule has 0 heterocycles. The Labute approximate surface area is 163 Å². The van der Waals surface area contributed by atoms with Crippen LogP contribution < -0.4 is 21.4 Å². The van der Waals surface area contributed by atoms with Crippen molar-refractivity contribution in [3.63, 3.8) is 0 Å². The molecule has 0 aliphatic rings. The van der Waals surface area contributed by atoms with Crippen molar-refractivity contribution < 1.29 is 9.39 Å². The zero-order valence-electron chi connectivity index (χ0n) is 14.1. The molecule has 0 atom stereocenters. The number of nitrogens with two attached hydrogens (primary N) is 1. The third kappa shape index (κ3) is 4.80. The highest BCUT2D eigenvalue weighted by Crippen LogP contribution is 2.28. The van der Waals surface area contributed by atoms with Crippen molar-refractivity contribution in [2.45, 2.75) is 0 Å². The molecule has 0 aliphatic carbocycles. The predicted octanol–water partition coefficient (Wildman–Crippen LogP) is 3.87. The van der Waals surface area contributed by atoms with Gasteiger partial charge in [0.25, 0.3) is 0 Å². The van der Waals surface area contributed by atoms with E-state index in [-0.39, 0.29) is 6.92 Å². The quantitative estimate of drug-likeness (QED) is 0.628. The minimum atomic E-state index is -0.279. The van der Waals surface area contributed by atoms with Gasteiger partial charge in [0.2, 0.25) is 0 Å². The molecule has 3 aromatic rings. The van der Waals surface area contributed by atoms with E-state index >= 15 is 0 Å². The number of para-hydroxylation sites is 1. The Morgan fingerprint density at radius 1 is 0.846 bits per heavy atom. The maximum absolute atomic E-state index is 6.44. The van der Waals surface area contributed by atoms with Gasteiger partial charge in [0.05, 0.1) is 5.02 Å². The van der Waals surface area contributed by atoms with Gasteiger partial charge in [-0.15, -0.1) is 0 Å². The summed E-state index contributed by atoms with van der Waals surface area (Å²) in [5.41, 5.74) is 7.51. The lowest BCUT2D eigenvalue weighted by molar-refractivity contribution is 0.344. The van der Waals surface area contributed by atoms with Crippen LogP contribution in [0.3, 0.4) is 0 Å². The fraction of sp³-hybridized carbons (Fsp3) is 0.100. The molecule has 0 unspecified atom stereocenters. The van der Waals surface area contributed by atoms with Crippen LogP contribution >= 0.6 is 23.2 Å². The summed E-state index contributed by atoms with van der Waals surface area (Å²) in [4.78, 5) is 0. The average molecular weight is 386 g/mol. The highest BCUT2D eigenvalue weighted by Gasteiger charge is 2.22. The summed E-state index contributed by atoms with van der Waals surface area (Å²) in [6.07, 6.45) is 0. The molecule has 0 bridgehead atoms. The Balaban J connectivity index is 1.87. The van der Waals surface area contributed by atoms with Gasteiger partial charge in [-0.2, -0.15) is 0 Å². The van der Waals surface area contributed by atoms with Crippen molar-refractivity contribution in [3.8, 4) is 11.5 Å². The fourth-order valence-electron chi connectivity index (χ4n) is 2.59. The smallest absolute Gasteiger partial charge is 0.361 e. The van der Waals surface area contributed by atoms with E-state index in [1.807, 2.05) is 72.8 Å². The van der Waals surface area contributed by atoms with Gasteiger partial charge in [-0.3, -0.25) is 0 Å². The van der Waals surface area contributed by atoms with E-state index in [0.29, 0.717) is 28.9 Å². The molecule has 0 aliphatic heterocycles. The van der Waals surface area contributed by atoms with Crippen molar-refractivity contribution in [3.05, 3.63) is 82.8 Å². The minimum Gasteiger partial charge on any atom is -0.456 e. The lowest BCUT2D eigenvalue weighted by Gasteiger charge is -2.16. The Kier molecular flexibility index (Phi) is 6.59. The molecule has 26 heavy (non-hydrogen) atoms. The largest absolute Gasteiger partial charge is 0.456 e. The third-order valence-electron chi connectivity index (χ3n) is 3.80. The number of hydrogen-bond donors (Lipinski definition) is 1. The SMILES string of the molecule is NCCOB(c1ccc(Cl)cc1)c1ccc(Oc2ccccc2)c(Cl)c1. The summed E-state index contributed by atoms with van der Waals surface area (Å²) in [6, 6.07) is 22.7. The van der Waals surface area contributed by atoms with Crippen LogP contribution in [-0.4, -0.2) is 20.1 Å². The molecule has 3 aromatic carbocycles. The molecule has 0 spiro atoms. The number of benzene rings is 3. The maximum Gasteiger partial charge on any atom is 0.361 e. The van der Waals surface area contributed by atoms with E-state index in [9.17, 15) is 0 Å². The summed E-state index contributed by atoms with van der Waals surface area (Å²) in [5.74, 6) is 1.33. The third-order valence-corrected chi connectivity index (χ3v) is 4.35. The van der Waals surface area contributed by atoms with Gasteiger partial charge < -0.3 is 15.1 Å². The molecule has 0 radical (unpaired) electrons. The van der Waals surface area contributed by atoms with Crippen LogP contribution in [0.5, 0.6) is 11.5 Å². The standard InChI is InChI=1S/C20H18BCl2NO2/c22-17-9-6-15(7-10-17)21(25-13-12-24)16-8-11-20(19(23)14-16)26-18-4-2-1-3-5-18/h1-11,14H,12-13,24H2. The van der Waals surface area contributed by atoms with Gasteiger partial charge in [0.15, 0.2) is 0 Å². The molecular formula is C20H18BCl2NO2. The lowest BCUT2D eigenvalue weighted by atomic mass is 9.55. The highest BCUT2D eigenvalue weighted by molar-refractivity contribution is 6.80. The van der Waals surface area contributed by atoms with Crippen molar-refractivity contribution in [1.82, 2.24) is 0 Å². The molecule has 0 aromatic heterocycles. The first-order valence-electron chi connectivity index (χ1n) is 8.27. The van der Waals surface area contributed by atoms with Gasteiger partial charge in [-0.1, -0.05) is 59.6 Å². The van der Waals surface area contributed by atoms with Gasteiger partial charge in [-0.05, 0) is 47.3 Å². The second kappa shape index (κ2) is 9.10. The fourth-order valence-corrected chi connectivity index (χ4v) is 2.94. The second-order valence-corrected chi connectivity index (χ2v) is 6.54. The number of ether oxygens (including phenoxy) is 1. The lowest BCUT2D eigenvalue weighted by Crippen LogP contribution is -2.45. The van der Waals surface area contributed by atoms with Crippen molar-refractivity contribution in [1.29, 1.82) is 0 Å². The van der Waals surface area contributed by atoms with Crippen LogP contribution in [-0.2, 0) is 4.65 Å². The molecular weight excluding hydrogens is 368 g/mol. The van der Waals surface area contributed by atoms with Crippen LogP contribution in [0.25, 0.3) is 0 Å². The number of hydrogen-bond acceptors (Lipinski definition) is 3. The number of rotatable bonds is 7. The molecule has 0 saturated heterocycles. The summed E-state index contributed by atoms with van der Waals surface area (Å²) in [6.45, 7) is 0.597. The summed E-state index contributed by atoms with van der Waals surface area (Å²) in [5, 5.41) is 1.19. The van der Waals surface area contributed by atoms with Crippen LogP contribution in [0.1, 0.15) is 0 Å². The van der Waals surface area contributed by atoms with Crippen molar-refractivity contribution in [2.24, 2.45) is 5.73 Å². The molecule has 2 N–H and O–H groups in total. The van der Waals surface area contributed by atoms with E-state index in [0.717, 1.165) is 16.7 Å². The Morgan fingerprint density at radius 2 is 1.54 bits per heavy atom. The van der Waals surface area contributed by atoms with Gasteiger partial charge in [-0.25, -0.2) is 0 Å². The molecule has 0 fully saturated rings. The minimum absolute atomic E-state index is 0.279. The summed E-state index contributed by atoms with van der Waals surface area (Å²) in [7, 11) is 0. The van der Waals surface area contributed by atoms with E-state index in [2.05, 4.69) is 0 Å². The molecule has 0 amide bonds. The highest BCUT2D eigenvalue weighted by atomic mass is 35.5. The first kappa shape index (κ1) is 18.8. The Hall–Kier alpha value is -1.98. The Bertz CT molecular complexity index is 844. The van der Waals surface area contributed by atoms with Crippen LogP contribution in [0.15, 0.2) is 72.8 Å². The normalized spacial score (nSPS) is 10.6. The first-order valence-corrected chi connectivity index (χ1v) is 9.02. The topological polar surface area (TPSA) is 44.5 Å². The summed E-state index contributed by atoms with van der Waals surface area (Å²) >= 11 is 12.4. The average Bonchev–Trinajstić information content (AvgIpc) is 2.66. The number of halogens is 2. The van der Waals surface area contributed by atoms with E-state index in [1.165, 1.54) is 0 Å². The van der Waals surface area contributed by atoms with E-state index in [4.69, 9.17) is 38.3 Å². The van der Waals surface area contributed by atoms with Crippen LogP contribution in [0.2, 0.25) is 10.0 Å². The zero-order valence-corrected chi connectivity index (χ0v) is 15.6. The second-order valence-electron chi connectivity index (χ2n) is 5.70. The molecule has 3 nitrogen and oxygen atoms in total. The molecule has 132 valence electrons. The zero-order chi connectivity index (χ0) is 18.4. The Morgan fingerprint density at radius 3 is 2.19 bits per heavy atom. The van der Waals surface area contributed by atoms with Gasteiger partial charge >= 0.3 is 6.92 Å². The molecule has 0 saturated carbocycles. The van der Waals surface area contributed by atoms with Crippen molar-refractivity contribution in [2.75, 3.05) is 13.2 Å². The molecule has 3 rings (SSSR count). The maximum atomic E-state index is 6.44.